The second-order valence-electron chi connectivity index (χ2n) is 6.77. The van der Waals surface area contributed by atoms with Crippen molar-refractivity contribution in [2.24, 2.45) is 0 Å². The molecule has 0 saturated carbocycles. The number of thioether (sulfide) groups is 1. The van der Waals surface area contributed by atoms with Crippen LogP contribution in [0.2, 0.25) is 0 Å². The molecular weight excluding hydrogens is 428 g/mol. The number of benzene rings is 2. The zero-order valence-corrected chi connectivity index (χ0v) is 18.2. The van der Waals surface area contributed by atoms with Crippen LogP contribution < -0.4 is 15.4 Å². The first kappa shape index (κ1) is 21.3. The number of ether oxygens (including phenoxy) is 1. The molecule has 2 aromatic heterocycles. The van der Waals surface area contributed by atoms with Crippen molar-refractivity contribution in [3.8, 4) is 17.0 Å². The van der Waals surface area contributed by atoms with Gasteiger partial charge in [-0.15, -0.1) is 10.2 Å². The van der Waals surface area contributed by atoms with Crippen LogP contribution in [0.5, 0.6) is 5.75 Å². The van der Waals surface area contributed by atoms with E-state index in [1.807, 2.05) is 36.4 Å². The van der Waals surface area contributed by atoms with Gasteiger partial charge < -0.3 is 15.4 Å². The molecule has 32 heavy (non-hydrogen) atoms. The summed E-state index contributed by atoms with van der Waals surface area (Å²) in [6.45, 7) is 1.44. The summed E-state index contributed by atoms with van der Waals surface area (Å²) in [5.74, 6) is 0.501. The monoisotopic (exact) mass is 448 g/mol. The van der Waals surface area contributed by atoms with Gasteiger partial charge in [-0.3, -0.25) is 9.59 Å². The molecule has 0 atom stereocenters. The first-order valence-corrected chi connectivity index (χ1v) is 10.7. The molecule has 162 valence electrons. The minimum Gasteiger partial charge on any atom is -0.496 e. The van der Waals surface area contributed by atoms with Crippen LogP contribution in [0.4, 0.5) is 11.4 Å². The van der Waals surface area contributed by atoms with E-state index >= 15 is 0 Å². The van der Waals surface area contributed by atoms with E-state index in [0.717, 1.165) is 5.56 Å². The fourth-order valence-electron chi connectivity index (χ4n) is 3.03. The summed E-state index contributed by atoms with van der Waals surface area (Å²) in [7, 11) is 1.61. The van der Waals surface area contributed by atoms with Crippen LogP contribution in [0.3, 0.4) is 0 Å². The number of nitrogens with zero attached hydrogens (tertiary/aromatic N) is 4. The highest BCUT2D eigenvalue weighted by Gasteiger charge is 2.13. The minimum atomic E-state index is -0.195. The lowest BCUT2D eigenvalue weighted by molar-refractivity contribution is -0.114. The molecular formula is C22H20N6O3S. The molecule has 0 unspecified atom stereocenters. The first-order chi connectivity index (χ1) is 15.5. The Morgan fingerprint density at radius 1 is 0.969 bits per heavy atom. The average molecular weight is 449 g/mol. The molecule has 4 rings (SSSR count). The molecule has 4 aromatic rings. The van der Waals surface area contributed by atoms with Gasteiger partial charge in [-0.05, 0) is 48.5 Å². The molecule has 2 N–H and O–H groups in total. The second kappa shape index (κ2) is 9.48. The minimum absolute atomic E-state index is 0.134. The summed E-state index contributed by atoms with van der Waals surface area (Å²) in [6, 6.07) is 18.2. The van der Waals surface area contributed by atoms with Gasteiger partial charge in [0.2, 0.25) is 17.0 Å². The Labute approximate surface area is 188 Å². The van der Waals surface area contributed by atoms with E-state index in [9.17, 15) is 9.59 Å². The van der Waals surface area contributed by atoms with E-state index in [1.54, 1.807) is 35.9 Å². The fraction of sp³-hybridized carbons (Fsp3) is 0.136. The molecule has 0 bridgehead atoms. The highest BCUT2D eigenvalue weighted by atomic mass is 32.2. The third-order valence-corrected chi connectivity index (χ3v) is 5.36. The Hall–Kier alpha value is -3.92. The largest absolute Gasteiger partial charge is 0.496 e. The lowest BCUT2D eigenvalue weighted by atomic mass is 10.1. The number of hydrogen-bond donors (Lipinski definition) is 2. The van der Waals surface area contributed by atoms with Crippen molar-refractivity contribution in [1.82, 2.24) is 19.8 Å². The first-order valence-electron chi connectivity index (χ1n) is 9.69. The maximum atomic E-state index is 12.4. The molecule has 0 spiro atoms. The topological polar surface area (TPSA) is 111 Å². The summed E-state index contributed by atoms with van der Waals surface area (Å²) in [5.41, 5.74) is 3.44. The normalized spacial score (nSPS) is 10.7. The second-order valence-corrected chi connectivity index (χ2v) is 7.71. The Kier molecular flexibility index (Phi) is 6.31. The van der Waals surface area contributed by atoms with Crippen LogP contribution in [-0.4, -0.2) is 44.5 Å². The molecule has 9 nitrogen and oxygen atoms in total. The van der Waals surface area contributed by atoms with Crippen LogP contribution in [0.15, 0.2) is 65.8 Å². The van der Waals surface area contributed by atoms with Gasteiger partial charge in [0.15, 0.2) is 5.65 Å². The SMILES string of the molecule is COc1ccccc1-c1ccc2nnc(SCC(=O)Nc3ccc(NC(C)=O)cc3)n2n1. The lowest BCUT2D eigenvalue weighted by Crippen LogP contribution is -2.14. The number of anilines is 2. The van der Waals surface area contributed by atoms with Crippen molar-refractivity contribution < 1.29 is 14.3 Å². The number of fused-ring (bicyclic) bond motifs is 1. The molecule has 0 radical (unpaired) electrons. The molecule has 10 heteroatoms. The Morgan fingerprint density at radius 2 is 1.69 bits per heavy atom. The van der Waals surface area contributed by atoms with Gasteiger partial charge in [-0.25, -0.2) is 0 Å². The van der Waals surface area contributed by atoms with Gasteiger partial charge in [0.25, 0.3) is 0 Å². The summed E-state index contributed by atoms with van der Waals surface area (Å²) in [5, 5.41) is 18.9. The Morgan fingerprint density at radius 3 is 2.41 bits per heavy atom. The number of carbonyl (C=O) groups is 2. The highest BCUT2D eigenvalue weighted by molar-refractivity contribution is 7.99. The maximum absolute atomic E-state index is 12.4. The quantitative estimate of drug-likeness (QED) is 0.416. The summed E-state index contributed by atoms with van der Waals surface area (Å²) in [6.07, 6.45) is 0. The van der Waals surface area contributed by atoms with E-state index in [0.29, 0.717) is 33.6 Å². The van der Waals surface area contributed by atoms with Crippen molar-refractivity contribution in [3.05, 3.63) is 60.7 Å². The van der Waals surface area contributed by atoms with Crippen molar-refractivity contribution in [1.29, 1.82) is 0 Å². The standard InChI is InChI=1S/C22H20N6O3S/c1-14(29)23-15-7-9-16(10-8-15)24-21(30)13-32-22-26-25-20-12-11-18(27-28(20)22)17-5-3-4-6-19(17)31-2/h3-12H,13H2,1-2H3,(H,23,29)(H,24,30). The van der Waals surface area contributed by atoms with Crippen LogP contribution >= 0.6 is 11.8 Å². The summed E-state index contributed by atoms with van der Waals surface area (Å²) >= 11 is 1.24. The number of carbonyl (C=O) groups excluding carboxylic acids is 2. The van der Waals surface area contributed by atoms with Crippen LogP contribution in [0, 0.1) is 0 Å². The predicted octanol–water partition coefficient (Wildman–Crippen LogP) is 3.49. The van der Waals surface area contributed by atoms with Gasteiger partial charge in [-0.1, -0.05) is 23.9 Å². The van der Waals surface area contributed by atoms with Crippen molar-refractivity contribution in [2.75, 3.05) is 23.5 Å². The number of hydrogen-bond acceptors (Lipinski definition) is 7. The van der Waals surface area contributed by atoms with Gasteiger partial charge in [-0.2, -0.15) is 9.61 Å². The zero-order chi connectivity index (χ0) is 22.5. The van der Waals surface area contributed by atoms with Crippen LogP contribution in [0.25, 0.3) is 16.9 Å². The van der Waals surface area contributed by atoms with Crippen LogP contribution in [-0.2, 0) is 9.59 Å². The number of nitrogens with one attached hydrogen (secondary N) is 2. The lowest BCUT2D eigenvalue weighted by Gasteiger charge is -2.08. The summed E-state index contributed by atoms with van der Waals surface area (Å²) in [4.78, 5) is 23.5. The molecule has 0 fully saturated rings. The number of amides is 2. The number of rotatable bonds is 7. The Balaban J connectivity index is 1.45. The van der Waals surface area contributed by atoms with E-state index in [-0.39, 0.29) is 17.6 Å². The molecule has 0 aliphatic rings. The number of aromatic nitrogens is 4. The van der Waals surface area contributed by atoms with Gasteiger partial charge in [0.1, 0.15) is 5.75 Å². The molecule has 0 aliphatic heterocycles. The fourth-order valence-corrected chi connectivity index (χ4v) is 3.71. The van der Waals surface area contributed by atoms with E-state index in [1.165, 1.54) is 18.7 Å². The molecule has 2 aromatic carbocycles. The van der Waals surface area contributed by atoms with Crippen molar-refractivity contribution in [3.63, 3.8) is 0 Å². The number of methoxy groups -OCH3 is 1. The predicted molar refractivity (Wildman–Crippen MR) is 123 cm³/mol. The smallest absolute Gasteiger partial charge is 0.234 e. The van der Waals surface area contributed by atoms with Crippen molar-refractivity contribution in [2.45, 2.75) is 12.1 Å². The Bertz CT molecular complexity index is 1270. The zero-order valence-electron chi connectivity index (χ0n) is 17.4. The average Bonchev–Trinajstić information content (AvgIpc) is 3.21. The van der Waals surface area contributed by atoms with E-state index < -0.39 is 0 Å². The van der Waals surface area contributed by atoms with Gasteiger partial charge >= 0.3 is 0 Å². The maximum Gasteiger partial charge on any atom is 0.234 e. The van der Waals surface area contributed by atoms with E-state index in [2.05, 4.69) is 25.9 Å². The number of para-hydroxylation sites is 1. The van der Waals surface area contributed by atoms with Gasteiger partial charge in [0, 0.05) is 23.9 Å². The molecule has 2 amide bonds. The van der Waals surface area contributed by atoms with Crippen LogP contribution in [0.1, 0.15) is 6.92 Å². The van der Waals surface area contributed by atoms with Gasteiger partial charge in [0.05, 0.1) is 18.6 Å². The summed E-state index contributed by atoms with van der Waals surface area (Å²) < 4.78 is 7.04. The highest BCUT2D eigenvalue weighted by Crippen LogP contribution is 2.28. The molecule has 0 aliphatic carbocycles. The third-order valence-electron chi connectivity index (χ3n) is 4.44. The molecule has 0 saturated heterocycles. The molecule has 2 heterocycles. The third kappa shape index (κ3) is 4.86. The van der Waals surface area contributed by atoms with E-state index in [4.69, 9.17) is 4.74 Å². The van der Waals surface area contributed by atoms with Crippen molar-refractivity contribution >= 4 is 40.6 Å².